The van der Waals surface area contributed by atoms with E-state index in [4.69, 9.17) is 11.6 Å². The van der Waals surface area contributed by atoms with Crippen molar-refractivity contribution >= 4 is 29.1 Å². The van der Waals surface area contributed by atoms with E-state index < -0.39 is 0 Å². The van der Waals surface area contributed by atoms with E-state index in [9.17, 15) is 0 Å². The van der Waals surface area contributed by atoms with Gasteiger partial charge >= 0.3 is 0 Å². The molecule has 1 saturated heterocycles. The molecule has 0 aliphatic carbocycles. The topological polar surface area (TPSA) is 53.9 Å². The Morgan fingerprint density at radius 3 is 2.55 bits per heavy atom. The average Bonchev–Trinajstić information content (AvgIpc) is 2.51. The molecule has 2 aromatic rings. The molecule has 20 heavy (non-hydrogen) atoms. The maximum absolute atomic E-state index is 5.86. The molecule has 3 rings (SSSR count). The number of rotatable bonds is 3. The molecule has 5 nitrogen and oxygen atoms in total. The van der Waals surface area contributed by atoms with Crippen LogP contribution < -0.4 is 10.2 Å². The fourth-order valence-electron chi connectivity index (χ4n) is 2.29. The highest BCUT2D eigenvalue weighted by molar-refractivity contribution is 6.30. The number of hydrogen-bond acceptors (Lipinski definition) is 5. The van der Waals surface area contributed by atoms with Crippen molar-refractivity contribution in [3.05, 3.63) is 35.5 Å². The van der Waals surface area contributed by atoms with Gasteiger partial charge < -0.3 is 10.2 Å². The monoisotopic (exact) mass is 289 g/mol. The first-order chi connectivity index (χ1) is 9.81. The Labute approximate surface area is 123 Å². The summed E-state index contributed by atoms with van der Waals surface area (Å²) in [6, 6.07) is 7.43. The van der Waals surface area contributed by atoms with Gasteiger partial charge in [-0.05, 0) is 43.5 Å². The van der Waals surface area contributed by atoms with Crippen LogP contribution in [0.25, 0.3) is 0 Å². The van der Waals surface area contributed by atoms with Crippen molar-refractivity contribution in [2.24, 2.45) is 0 Å². The molecule has 0 saturated carbocycles. The van der Waals surface area contributed by atoms with Gasteiger partial charge in [0.1, 0.15) is 0 Å². The third-order valence-corrected chi connectivity index (χ3v) is 3.58. The highest BCUT2D eigenvalue weighted by Crippen LogP contribution is 2.20. The van der Waals surface area contributed by atoms with E-state index in [1.54, 1.807) is 6.20 Å². The second kappa shape index (κ2) is 6.05. The minimum atomic E-state index is 0.510. The van der Waals surface area contributed by atoms with Crippen LogP contribution in [0.15, 0.2) is 30.5 Å². The molecular weight excluding hydrogens is 274 g/mol. The van der Waals surface area contributed by atoms with Crippen molar-refractivity contribution in [2.75, 3.05) is 23.3 Å². The molecule has 0 spiro atoms. The van der Waals surface area contributed by atoms with Crippen LogP contribution in [-0.4, -0.2) is 28.3 Å². The Kier molecular flexibility index (Phi) is 3.97. The van der Waals surface area contributed by atoms with Crippen LogP contribution >= 0.6 is 11.6 Å². The molecular formula is C14H16ClN5. The molecule has 1 fully saturated rings. The Morgan fingerprint density at radius 2 is 1.80 bits per heavy atom. The number of anilines is 3. The molecule has 0 amide bonds. The summed E-state index contributed by atoms with van der Waals surface area (Å²) in [6.07, 6.45) is 5.44. The van der Waals surface area contributed by atoms with E-state index >= 15 is 0 Å². The van der Waals surface area contributed by atoms with Crippen LogP contribution in [-0.2, 0) is 0 Å². The van der Waals surface area contributed by atoms with Gasteiger partial charge in [0.2, 0.25) is 5.95 Å². The molecule has 1 aliphatic heterocycles. The van der Waals surface area contributed by atoms with Crippen molar-refractivity contribution in [3.63, 3.8) is 0 Å². The highest BCUT2D eigenvalue weighted by Gasteiger charge is 2.13. The predicted octanol–water partition coefficient (Wildman–Crippen LogP) is 3.26. The summed E-state index contributed by atoms with van der Waals surface area (Å²) >= 11 is 5.86. The normalized spacial score (nSPS) is 15.2. The SMILES string of the molecule is Clc1ccc(Nc2nncc(N3CCCCC3)n2)cc1. The van der Waals surface area contributed by atoms with Crippen LogP contribution in [0.5, 0.6) is 0 Å². The molecule has 0 bridgehead atoms. The summed E-state index contributed by atoms with van der Waals surface area (Å²) in [4.78, 5) is 6.78. The summed E-state index contributed by atoms with van der Waals surface area (Å²) in [7, 11) is 0. The molecule has 104 valence electrons. The minimum absolute atomic E-state index is 0.510. The summed E-state index contributed by atoms with van der Waals surface area (Å²) in [5.41, 5.74) is 0.895. The van der Waals surface area contributed by atoms with E-state index in [0.717, 1.165) is 24.6 Å². The standard InChI is InChI=1S/C14H16ClN5/c15-11-4-6-12(7-5-11)17-14-18-13(10-16-19-14)20-8-2-1-3-9-20/h4-7,10H,1-3,8-9H2,(H,17,18,19). The Bertz CT molecular complexity index is 566. The zero-order valence-electron chi connectivity index (χ0n) is 11.1. The first-order valence-corrected chi connectivity index (χ1v) is 7.16. The van der Waals surface area contributed by atoms with Crippen LogP contribution in [0.3, 0.4) is 0 Å². The van der Waals surface area contributed by atoms with Gasteiger partial charge in [0.25, 0.3) is 0 Å². The van der Waals surface area contributed by atoms with Crippen molar-refractivity contribution in [1.29, 1.82) is 0 Å². The van der Waals surface area contributed by atoms with Gasteiger partial charge in [0, 0.05) is 23.8 Å². The van der Waals surface area contributed by atoms with Gasteiger partial charge in [-0.15, -0.1) is 5.10 Å². The summed E-state index contributed by atoms with van der Waals surface area (Å²) in [5.74, 6) is 1.39. The number of hydrogen-bond donors (Lipinski definition) is 1. The number of nitrogens with zero attached hydrogens (tertiary/aromatic N) is 4. The largest absolute Gasteiger partial charge is 0.355 e. The first-order valence-electron chi connectivity index (χ1n) is 6.78. The molecule has 1 aliphatic rings. The molecule has 6 heteroatoms. The quantitative estimate of drug-likeness (QED) is 0.940. The molecule has 0 atom stereocenters. The number of piperidine rings is 1. The van der Waals surface area contributed by atoms with E-state index in [2.05, 4.69) is 25.4 Å². The molecule has 1 aromatic carbocycles. The lowest BCUT2D eigenvalue weighted by Gasteiger charge is -2.27. The maximum Gasteiger partial charge on any atom is 0.249 e. The van der Waals surface area contributed by atoms with E-state index in [1.165, 1.54) is 19.3 Å². The fourth-order valence-corrected chi connectivity index (χ4v) is 2.41. The van der Waals surface area contributed by atoms with Crippen LogP contribution in [0, 0.1) is 0 Å². The lowest BCUT2D eigenvalue weighted by Crippen LogP contribution is -2.30. The summed E-state index contributed by atoms with van der Waals surface area (Å²) in [5, 5.41) is 11.9. The molecule has 0 radical (unpaired) electrons. The Morgan fingerprint density at radius 1 is 1.05 bits per heavy atom. The lowest BCUT2D eigenvalue weighted by atomic mass is 10.1. The highest BCUT2D eigenvalue weighted by atomic mass is 35.5. The van der Waals surface area contributed by atoms with Crippen molar-refractivity contribution in [3.8, 4) is 0 Å². The number of nitrogens with one attached hydrogen (secondary N) is 1. The van der Waals surface area contributed by atoms with Gasteiger partial charge in [0.05, 0.1) is 6.20 Å². The predicted molar refractivity (Wildman–Crippen MR) is 80.6 cm³/mol. The van der Waals surface area contributed by atoms with Gasteiger partial charge in [-0.25, -0.2) is 0 Å². The average molecular weight is 290 g/mol. The Balaban J connectivity index is 1.75. The van der Waals surface area contributed by atoms with Gasteiger partial charge in [-0.3, -0.25) is 0 Å². The lowest BCUT2D eigenvalue weighted by molar-refractivity contribution is 0.572. The van der Waals surface area contributed by atoms with Crippen molar-refractivity contribution in [1.82, 2.24) is 15.2 Å². The van der Waals surface area contributed by atoms with E-state index in [1.807, 2.05) is 24.3 Å². The third kappa shape index (κ3) is 3.17. The summed E-state index contributed by atoms with van der Waals surface area (Å²) in [6.45, 7) is 2.08. The first kappa shape index (κ1) is 13.1. The van der Waals surface area contributed by atoms with E-state index in [-0.39, 0.29) is 0 Å². The third-order valence-electron chi connectivity index (χ3n) is 3.33. The number of halogens is 1. The number of benzene rings is 1. The van der Waals surface area contributed by atoms with Crippen LogP contribution in [0.1, 0.15) is 19.3 Å². The molecule has 1 N–H and O–H groups in total. The zero-order chi connectivity index (χ0) is 13.8. The fraction of sp³-hybridized carbons (Fsp3) is 0.357. The molecule has 2 heterocycles. The second-order valence-corrected chi connectivity index (χ2v) is 5.25. The van der Waals surface area contributed by atoms with Gasteiger partial charge in [-0.1, -0.05) is 11.6 Å². The Hall–Kier alpha value is -1.88. The minimum Gasteiger partial charge on any atom is -0.355 e. The van der Waals surface area contributed by atoms with Crippen molar-refractivity contribution < 1.29 is 0 Å². The van der Waals surface area contributed by atoms with Crippen LogP contribution in [0.2, 0.25) is 5.02 Å². The van der Waals surface area contributed by atoms with Crippen molar-refractivity contribution in [2.45, 2.75) is 19.3 Å². The molecule has 0 unspecified atom stereocenters. The second-order valence-electron chi connectivity index (χ2n) is 4.82. The molecule has 1 aromatic heterocycles. The zero-order valence-corrected chi connectivity index (χ0v) is 11.8. The smallest absolute Gasteiger partial charge is 0.249 e. The van der Waals surface area contributed by atoms with Gasteiger partial charge in [0.15, 0.2) is 5.82 Å². The van der Waals surface area contributed by atoms with Gasteiger partial charge in [-0.2, -0.15) is 10.1 Å². The van der Waals surface area contributed by atoms with Crippen LogP contribution in [0.4, 0.5) is 17.5 Å². The number of aromatic nitrogens is 3. The van der Waals surface area contributed by atoms with E-state index in [0.29, 0.717) is 11.0 Å². The maximum atomic E-state index is 5.86. The summed E-state index contributed by atoms with van der Waals surface area (Å²) < 4.78 is 0.